The molecule has 0 amide bonds. The molecule has 0 aliphatic heterocycles. The molecule has 0 radical (unpaired) electrons. The molecule has 0 aliphatic carbocycles. The Morgan fingerprint density at radius 2 is 0.792 bits per heavy atom. The second kappa shape index (κ2) is 22.8. The summed E-state index contributed by atoms with van der Waals surface area (Å²) in [6.07, 6.45) is 14.6. The molecule has 0 aromatic rings. The van der Waals surface area contributed by atoms with E-state index < -0.39 is 0 Å². The van der Waals surface area contributed by atoms with Crippen molar-refractivity contribution in [2.24, 2.45) is 0 Å². The van der Waals surface area contributed by atoms with E-state index in [0.29, 0.717) is 13.2 Å². The van der Waals surface area contributed by atoms with Crippen molar-refractivity contribution < 1.29 is 20.4 Å². The van der Waals surface area contributed by atoms with E-state index in [1.165, 1.54) is 25.7 Å². The fourth-order valence-electron chi connectivity index (χ4n) is 2.45. The lowest BCUT2D eigenvalue weighted by Crippen LogP contribution is -2.03. The van der Waals surface area contributed by atoms with E-state index in [0.717, 1.165) is 64.2 Å². The van der Waals surface area contributed by atoms with E-state index in [-0.39, 0.29) is 12.2 Å². The van der Waals surface area contributed by atoms with Gasteiger partial charge in [-0.15, -0.1) is 0 Å². The Morgan fingerprint density at radius 3 is 1.08 bits per heavy atom. The molecule has 0 heterocycles. The standard InChI is InChI=1S/2C10H22O2/c2*1-2-10(12)8-6-4-3-5-7-9-11/h2*10-12H,2-9H2,1H3. The molecule has 148 valence electrons. The van der Waals surface area contributed by atoms with Crippen molar-refractivity contribution in [1.82, 2.24) is 0 Å². The van der Waals surface area contributed by atoms with Crippen molar-refractivity contribution in [3.05, 3.63) is 0 Å². The van der Waals surface area contributed by atoms with Gasteiger partial charge in [0.1, 0.15) is 0 Å². The second-order valence-corrected chi connectivity index (χ2v) is 6.68. The van der Waals surface area contributed by atoms with Crippen LogP contribution in [0.4, 0.5) is 0 Å². The Labute approximate surface area is 150 Å². The molecule has 0 aromatic carbocycles. The highest BCUT2D eigenvalue weighted by molar-refractivity contribution is 4.53. The SMILES string of the molecule is CCC(O)CCCCCCCO.CCC(O)CCCCCCCO. The largest absolute Gasteiger partial charge is 0.396 e. The number of unbranched alkanes of at least 4 members (excludes halogenated alkanes) is 8. The molecule has 2 unspecified atom stereocenters. The van der Waals surface area contributed by atoms with E-state index >= 15 is 0 Å². The van der Waals surface area contributed by atoms with Gasteiger partial charge in [0, 0.05) is 13.2 Å². The number of hydrogen-bond donors (Lipinski definition) is 4. The van der Waals surface area contributed by atoms with Crippen LogP contribution in [0.25, 0.3) is 0 Å². The van der Waals surface area contributed by atoms with Crippen LogP contribution in [0.3, 0.4) is 0 Å². The zero-order valence-electron chi connectivity index (χ0n) is 16.3. The summed E-state index contributed by atoms with van der Waals surface area (Å²) in [7, 11) is 0. The number of hydrogen-bond acceptors (Lipinski definition) is 4. The molecule has 4 nitrogen and oxygen atoms in total. The van der Waals surface area contributed by atoms with Gasteiger partial charge < -0.3 is 20.4 Å². The van der Waals surface area contributed by atoms with Gasteiger partial charge in [-0.2, -0.15) is 0 Å². The molecule has 0 bridgehead atoms. The van der Waals surface area contributed by atoms with Gasteiger partial charge in [-0.1, -0.05) is 65.2 Å². The topological polar surface area (TPSA) is 80.9 Å². The van der Waals surface area contributed by atoms with Crippen molar-refractivity contribution in [2.45, 2.75) is 116 Å². The molecule has 24 heavy (non-hydrogen) atoms. The molecule has 0 aromatic heterocycles. The Balaban J connectivity index is 0. The minimum absolute atomic E-state index is 0.0946. The van der Waals surface area contributed by atoms with Crippen molar-refractivity contribution >= 4 is 0 Å². The highest BCUT2D eigenvalue weighted by atomic mass is 16.3. The number of aliphatic hydroxyl groups is 4. The highest BCUT2D eigenvalue weighted by Gasteiger charge is 1.99. The zero-order valence-corrected chi connectivity index (χ0v) is 16.3. The normalized spacial score (nSPS) is 13.2. The van der Waals surface area contributed by atoms with Gasteiger partial charge in [0.15, 0.2) is 0 Å². The minimum atomic E-state index is -0.0946. The fourth-order valence-corrected chi connectivity index (χ4v) is 2.45. The van der Waals surface area contributed by atoms with Gasteiger partial charge in [0.05, 0.1) is 12.2 Å². The average Bonchev–Trinajstić information content (AvgIpc) is 2.61. The summed E-state index contributed by atoms with van der Waals surface area (Å²) in [4.78, 5) is 0. The van der Waals surface area contributed by atoms with Crippen LogP contribution in [-0.4, -0.2) is 45.8 Å². The molecule has 4 heteroatoms. The van der Waals surface area contributed by atoms with Crippen LogP contribution >= 0.6 is 0 Å². The molecule has 4 N–H and O–H groups in total. The molecule has 2 atom stereocenters. The lowest BCUT2D eigenvalue weighted by atomic mass is 10.1. The van der Waals surface area contributed by atoms with Gasteiger partial charge in [-0.3, -0.25) is 0 Å². The Bertz CT molecular complexity index is 190. The summed E-state index contributed by atoms with van der Waals surface area (Å²) in [6.45, 7) is 4.65. The maximum Gasteiger partial charge on any atom is 0.0537 e. The fraction of sp³-hybridized carbons (Fsp3) is 1.00. The monoisotopic (exact) mass is 348 g/mol. The minimum Gasteiger partial charge on any atom is -0.396 e. The first-order valence-electron chi connectivity index (χ1n) is 10.2. The third-order valence-electron chi connectivity index (χ3n) is 4.33. The van der Waals surface area contributed by atoms with Crippen LogP contribution in [0.5, 0.6) is 0 Å². The Hall–Kier alpha value is -0.160. The summed E-state index contributed by atoms with van der Waals surface area (Å²) in [5.41, 5.74) is 0. The highest BCUT2D eigenvalue weighted by Crippen LogP contribution is 2.09. The van der Waals surface area contributed by atoms with Crippen LogP contribution < -0.4 is 0 Å². The number of rotatable bonds is 16. The molecule has 0 saturated heterocycles. The third kappa shape index (κ3) is 24.1. The van der Waals surface area contributed by atoms with Crippen molar-refractivity contribution in [2.75, 3.05) is 13.2 Å². The molecule has 0 rings (SSSR count). The van der Waals surface area contributed by atoms with E-state index in [4.69, 9.17) is 10.2 Å². The average molecular weight is 349 g/mol. The van der Waals surface area contributed by atoms with Crippen LogP contribution in [0.1, 0.15) is 104 Å². The lowest BCUT2D eigenvalue weighted by molar-refractivity contribution is 0.156. The van der Waals surface area contributed by atoms with Crippen molar-refractivity contribution in [3.8, 4) is 0 Å². The summed E-state index contributed by atoms with van der Waals surface area (Å²) in [5.74, 6) is 0. The van der Waals surface area contributed by atoms with Gasteiger partial charge in [0.2, 0.25) is 0 Å². The summed E-state index contributed by atoms with van der Waals surface area (Å²) < 4.78 is 0. The summed E-state index contributed by atoms with van der Waals surface area (Å²) in [5, 5.41) is 35.5. The summed E-state index contributed by atoms with van der Waals surface area (Å²) >= 11 is 0. The molecular weight excluding hydrogens is 304 g/mol. The van der Waals surface area contributed by atoms with Crippen LogP contribution in [0, 0.1) is 0 Å². The first kappa shape index (κ1) is 26.1. The molecular formula is C20H44O4. The van der Waals surface area contributed by atoms with E-state index in [9.17, 15) is 10.2 Å². The maximum atomic E-state index is 9.22. The lowest BCUT2D eigenvalue weighted by Gasteiger charge is -2.06. The third-order valence-corrected chi connectivity index (χ3v) is 4.33. The Kier molecular flexibility index (Phi) is 24.8. The van der Waals surface area contributed by atoms with Gasteiger partial charge in [-0.05, 0) is 38.5 Å². The van der Waals surface area contributed by atoms with Gasteiger partial charge in [0.25, 0.3) is 0 Å². The second-order valence-electron chi connectivity index (χ2n) is 6.68. The molecule has 0 saturated carbocycles. The molecule has 0 fully saturated rings. The zero-order chi connectivity index (χ0) is 18.5. The quantitative estimate of drug-likeness (QED) is 0.315. The van der Waals surface area contributed by atoms with Crippen LogP contribution in [0.15, 0.2) is 0 Å². The maximum absolute atomic E-state index is 9.22. The first-order valence-corrected chi connectivity index (χ1v) is 10.2. The Morgan fingerprint density at radius 1 is 0.500 bits per heavy atom. The molecule has 0 aliphatic rings. The smallest absolute Gasteiger partial charge is 0.0537 e. The van der Waals surface area contributed by atoms with Crippen molar-refractivity contribution in [3.63, 3.8) is 0 Å². The number of aliphatic hydroxyl groups excluding tert-OH is 4. The predicted octanol–water partition coefficient (Wildman–Crippen LogP) is 4.18. The van der Waals surface area contributed by atoms with Crippen LogP contribution in [-0.2, 0) is 0 Å². The first-order chi connectivity index (χ1) is 11.6. The van der Waals surface area contributed by atoms with Gasteiger partial charge in [-0.25, -0.2) is 0 Å². The van der Waals surface area contributed by atoms with Gasteiger partial charge >= 0.3 is 0 Å². The van der Waals surface area contributed by atoms with Crippen molar-refractivity contribution in [1.29, 1.82) is 0 Å². The van der Waals surface area contributed by atoms with E-state index in [1.807, 2.05) is 13.8 Å². The van der Waals surface area contributed by atoms with E-state index in [1.54, 1.807) is 0 Å². The molecule has 0 spiro atoms. The van der Waals surface area contributed by atoms with E-state index in [2.05, 4.69) is 0 Å². The predicted molar refractivity (Wildman–Crippen MR) is 102 cm³/mol. The van der Waals surface area contributed by atoms with Crippen LogP contribution in [0.2, 0.25) is 0 Å². The summed E-state index contributed by atoms with van der Waals surface area (Å²) in [6, 6.07) is 0.